The molecule has 0 saturated heterocycles. The Kier molecular flexibility index (Phi) is 3.28. The average molecular weight is 279 g/mol. The van der Waals surface area contributed by atoms with Crippen molar-refractivity contribution in [2.24, 2.45) is 11.7 Å². The summed E-state index contributed by atoms with van der Waals surface area (Å²) in [6, 6.07) is -0.386. The molecule has 0 bridgehead atoms. The number of nitrogens with two attached hydrogens (primary N) is 1. The van der Waals surface area contributed by atoms with Crippen LogP contribution in [-0.4, -0.2) is 19.8 Å². The van der Waals surface area contributed by atoms with Crippen LogP contribution in [-0.2, 0) is 6.18 Å². The van der Waals surface area contributed by atoms with Crippen molar-refractivity contribution in [3.05, 3.63) is 10.8 Å². The van der Waals surface area contributed by atoms with Gasteiger partial charge in [-0.2, -0.15) is 22.8 Å². The maximum Gasteiger partial charge on any atom is 0.453 e. The molecule has 2 unspecified atom stereocenters. The van der Waals surface area contributed by atoms with E-state index in [0.29, 0.717) is 9.52 Å². The van der Waals surface area contributed by atoms with Crippen LogP contribution in [0.1, 0.15) is 37.1 Å². The Hall–Kier alpha value is -1.22. The SMILES string of the molecule is CCC(C)C(N)c1nn2c(C(F)(F)F)nnc2s1. The largest absolute Gasteiger partial charge is 0.453 e. The lowest BCUT2D eigenvalue weighted by molar-refractivity contribution is -0.146. The Morgan fingerprint density at radius 3 is 2.61 bits per heavy atom. The monoisotopic (exact) mass is 279 g/mol. The highest BCUT2D eigenvalue weighted by Gasteiger charge is 2.38. The Bertz CT molecular complexity index is 546. The third kappa shape index (κ3) is 2.19. The van der Waals surface area contributed by atoms with Crippen molar-refractivity contribution in [1.29, 1.82) is 0 Å². The Morgan fingerprint density at radius 2 is 2.06 bits per heavy atom. The van der Waals surface area contributed by atoms with Gasteiger partial charge < -0.3 is 5.73 Å². The number of aromatic nitrogens is 4. The van der Waals surface area contributed by atoms with Crippen LogP contribution < -0.4 is 5.73 Å². The summed E-state index contributed by atoms with van der Waals surface area (Å²) in [7, 11) is 0. The number of fused-ring (bicyclic) bond motifs is 1. The van der Waals surface area contributed by atoms with E-state index in [1.54, 1.807) is 0 Å². The molecule has 0 amide bonds. The highest BCUT2D eigenvalue weighted by molar-refractivity contribution is 7.16. The first-order valence-corrected chi connectivity index (χ1v) is 6.21. The van der Waals surface area contributed by atoms with Gasteiger partial charge in [0.25, 0.3) is 5.82 Å². The molecule has 5 nitrogen and oxygen atoms in total. The fourth-order valence-electron chi connectivity index (χ4n) is 1.44. The predicted molar refractivity (Wildman–Crippen MR) is 60.0 cm³/mol. The number of nitrogens with zero attached hydrogens (tertiary/aromatic N) is 4. The van der Waals surface area contributed by atoms with Crippen molar-refractivity contribution in [3.8, 4) is 0 Å². The normalized spacial score (nSPS) is 16.1. The minimum absolute atomic E-state index is 0.107. The molecule has 0 radical (unpaired) electrons. The summed E-state index contributed by atoms with van der Waals surface area (Å²) in [5, 5.41) is 10.9. The number of halogens is 3. The first-order valence-electron chi connectivity index (χ1n) is 5.39. The van der Waals surface area contributed by atoms with Crippen molar-refractivity contribution in [1.82, 2.24) is 19.8 Å². The molecule has 2 rings (SSSR count). The third-order valence-electron chi connectivity index (χ3n) is 2.80. The lowest BCUT2D eigenvalue weighted by atomic mass is 10.0. The van der Waals surface area contributed by atoms with Crippen LogP contribution in [0.3, 0.4) is 0 Å². The molecule has 100 valence electrons. The van der Waals surface area contributed by atoms with E-state index in [9.17, 15) is 13.2 Å². The first kappa shape index (κ1) is 13.2. The molecular weight excluding hydrogens is 267 g/mol. The summed E-state index contributed by atoms with van der Waals surface area (Å²) < 4.78 is 38.5. The number of rotatable bonds is 3. The number of hydrogen-bond acceptors (Lipinski definition) is 5. The predicted octanol–water partition coefficient (Wildman–Crippen LogP) is 2.25. The molecule has 0 aliphatic heterocycles. The van der Waals surface area contributed by atoms with Gasteiger partial charge in [-0.3, -0.25) is 0 Å². The standard InChI is InChI=1S/C9H12F3N5S/c1-3-4(2)5(13)6-16-17-7(9(10,11)12)14-15-8(17)18-6/h4-5H,3,13H2,1-2H3. The summed E-state index contributed by atoms with van der Waals surface area (Å²) in [6.07, 6.45) is -3.74. The van der Waals surface area contributed by atoms with Crippen LogP contribution in [0.2, 0.25) is 0 Å². The van der Waals surface area contributed by atoms with Gasteiger partial charge in [0.1, 0.15) is 5.01 Å². The molecule has 9 heteroatoms. The van der Waals surface area contributed by atoms with E-state index in [-0.39, 0.29) is 16.9 Å². The summed E-state index contributed by atoms with van der Waals surface area (Å²) in [6.45, 7) is 3.89. The van der Waals surface area contributed by atoms with Gasteiger partial charge in [0.2, 0.25) is 4.96 Å². The Morgan fingerprint density at radius 1 is 1.39 bits per heavy atom. The zero-order valence-electron chi connectivity index (χ0n) is 9.77. The molecule has 18 heavy (non-hydrogen) atoms. The molecule has 2 N–H and O–H groups in total. The second kappa shape index (κ2) is 4.47. The van der Waals surface area contributed by atoms with Crippen LogP contribution in [0, 0.1) is 5.92 Å². The van der Waals surface area contributed by atoms with E-state index in [1.165, 1.54) is 0 Å². The van der Waals surface area contributed by atoms with E-state index < -0.39 is 12.0 Å². The smallest absolute Gasteiger partial charge is 0.322 e. The van der Waals surface area contributed by atoms with Crippen LogP contribution in [0.4, 0.5) is 13.2 Å². The van der Waals surface area contributed by atoms with Gasteiger partial charge in [-0.15, -0.1) is 10.2 Å². The van der Waals surface area contributed by atoms with Gasteiger partial charge in [-0.1, -0.05) is 31.6 Å². The van der Waals surface area contributed by atoms with E-state index in [2.05, 4.69) is 15.3 Å². The van der Waals surface area contributed by atoms with Gasteiger partial charge in [0, 0.05) is 0 Å². The Balaban J connectivity index is 2.43. The molecule has 2 aromatic rings. The van der Waals surface area contributed by atoms with Crippen LogP contribution in [0.5, 0.6) is 0 Å². The van der Waals surface area contributed by atoms with Gasteiger partial charge >= 0.3 is 6.18 Å². The second-order valence-corrected chi connectivity index (χ2v) is 5.05. The second-order valence-electron chi connectivity index (χ2n) is 4.07. The van der Waals surface area contributed by atoms with E-state index in [1.807, 2.05) is 13.8 Å². The topological polar surface area (TPSA) is 69.1 Å². The van der Waals surface area contributed by atoms with E-state index in [0.717, 1.165) is 17.8 Å². The molecule has 0 fully saturated rings. The molecule has 0 saturated carbocycles. The van der Waals surface area contributed by atoms with Crippen molar-refractivity contribution in [3.63, 3.8) is 0 Å². The molecule has 0 spiro atoms. The lowest BCUT2D eigenvalue weighted by Gasteiger charge is -2.14. The first-order chi connectivity index (χ1) is 8.34. The lowest BCUT2D eigenvalue weighted by Crippen LogP contribution is -2.19. The van der Waals surface area contributed by atoms with Crippen molar-refractivity contribution in [2.75, 3.05) is 0 Å². The molecule has 0 aliphatic rings. The van der Waals surface area contributed by atoms with Crippen molar-refractivity contribution < 1.29 is 13.2 Å². The fourth-order valence-corrected chi connectivity index (χ4v) is 2.41. The van der Waals surface area contributed by atoms with Gasteiger partial charge in [-0.25, -0.2) is 0 Å². The third-order valence-corrected chi connectivity index (χ3v) is 3.80. The van der Waals surface area contributed by atoms with Crippen molar-refractivity contribution in [2.45, 2.75) is 32.5 Å². The van der Waals surface area contributed by atoms with E-state index >= 15 is 0 Å². The summed E-state index contributed by atoms with van der Waals surface area (Å²) in [5.74, 6) is -0.973. The minimum atomic E-state index is -4.56. The summed E-state index contributed by atoms with van der Waals surface area (Å²) in [4.78, 5) is 0.107. The molecule has 2 aromatic heterocycles. The average Bonchev–Trinajstić information content (AvgIpc) is 2.84. The fraction of sp³-hybridized carbons (Fsp3) is 0.667. The van der Waals surface area contributed by atoms with Crippen LogP contribution >= 0.6 is 11.3 Å². The number of hydrogen-bond donors (Lipinski definition) is 1. The van der Waals surface area contributed by atoms with Crippen molar-refractivity contribution >= 4 is 16.3 Å². The molecule has 0 aliphatic carbocycles. The molecule has 0 aromatic carbocycles. The van der Waals surface area contributed by atoms with E-state index in [4.69, 9.17) is 5.73 Å². The maximum atomic E-state index is 12.6. The van der Waals surface area contributed by atoms with Gasteiger partial charge in [0.05, 0.1) is 6.04 Å². The molecular formula is C9H12F3N5S. The zero-order valence-corrected chi connectivity index (χ0v) is 10.6. The summed E-state index contributed by atoms with van der Waals surface area (Å²) in [5.41, 5.74) is 5.94. The van der Waals surface area contributed by atoms with Crippen LogP contribution in [0.25, 0.3) is 4.96 Å². The zero-order chi connectivity index (χ0) is 13.5. The van der Waals surface area contributed by atoms with Crippen LogP contribution in [0.15, 0.2) is 0 Å². The minimum Gasteiger partial charge on any atom is -0.322 e. The van der Waals surface area contributed by atoms with Gasteiger partial charge in [0.15, 0.2) is 0 Å². The summed E-state index contributed by atoms with van der Waals surface area (Å²) >= 11 is 1.04. The van der Waals surface area contributed by atoms with Gasteiger partial charge in [-0.05, 0) is 5.92 Å². The quantitative estimate of drug-likeness (QED) is 0.935. The Labute approximate surface area is 105 Å². The maximum absolute atomic E-state index is 12.6. The number of alkyl halides is 3. The highest BCUT2D eigenvalue weighted by Crippen LogP contribution is 2.31. The molecule has 2 heterocycles. The highest BCUT2D eigenvalue weighted by atomic mass is 32.1. The molecule has 2 atom stereocenters.